The minimum Gasteiger partial charge on any atom is -0.493 e. The molecule has 1 saturated carbocycles. The molecule has 2 aliphatic carbocycles. The van der Waals surface area contributed by atoms with E-state index in [2.05, 4.69) is 45.7 Å². The van der Waals surface area contributed by atoms with Gasteiger partial charge in [0.05, 0.1) is 12.5 Å². The zero-order chi connectivity index (χ0) is 18.5. The summed E-state index contributed by atoms with van der Waals surface area (Å²) in [6.07, 6.45) is 1.27. The first-order valence-electron chi connectivity index (χ1n) is 9.98. The Morgan fingerprint density at radius 2 is 2.04 bits per heavy atom. The number of piperidine rings is 1. The van der Waals surface area contributed by atoms with Crippen LogP contribution in [-0.2, 0) is 10.2 Å². The molecule has 1 saturated heterocycles. The number of benzene rings is 1. The molecule has 0 radical (unpaired) electrons. The van der Waals surface area contributed by atoms with Crippen LogP contribution in [0, 0.1) is 18.8 Å². The van der Waals surface area contributed by atoms with Gasteiger partial charge in [0.25, 0.3) is 0 Å². The quantitative estimate of drug-likeness (QED) is 0.774. The Kier molecular flexibility index (Phi) is 3.22. The predicted molar refractivity (Wildman–Crippen MR) is 100 cm³/mol. The topological polar surface area (TPSA) is 38.8 Å². The number of carbonyl (C=O) groups excluding carboxylic acids is 1. The molecule has 4 nitrogen and oxygen atoms in total. The lowest BCUT2D eigenvalue weighted by molar-refractivity contribution is -0.149. The molecule has 26 heavy (non-hydrogen) atoms. The maximum Gasteiger partial charge on any atom is 0.174 e. The Morgan fingerprint density at radius 1 is 1.31 bits per heavy atom. The molecule has 2 heterocycles. The second-order valence-corrected chi connectivity index (χ2v) is 9.04. The Balaban J connectivity index is 1.90. The highest BCUT2D eigenvalue weighted by Gasteiger charge is 2.70. The first kappa shape index (κ1) is 16.6. The molecule has 1 aromatic rings. The van der Waals surface area contributed by atoms with E-state index < -0.39 is 0 Å². The highest BCUT2D eigenvalue weighted by atomic mass is 16.5. The van der Waals surface area contributed by atoms with Gasteiger partial charge in [0.15, 0.2) is 23.4 Å². The Labute approximate surface area is 155 Å². The lowest BCUT2D eigenvalue weighted by Gasteiger charge is -2.64. The van der Waals surface area contributed by atoms with E-state index in [4.69, 9.17) is 9.47 Å². The van der Waals surface area contributed by atoms with Crippen LogP contribution in [0.15, 0.2) is 6.07 Å². The molecular formula is C22H29NO3. The number of likely N-dealkylation sites (tertiary alicyclic amines) is 1. The Hall–Kier alpha value is -1.55. The Bertz CT molecular complexity index is 818. The third-order valence-electron chi connectivity index (χ3n) is 8.37. The number of hydrogen-bond acceptors (Lipinski definition) is 4. The summed E-state index contributed by atoms with van der Waals surface area (Å²) in [5.41, 5.74) is 3.60. The first-order valence-corrected chi connectivity index (χ1v) is 9.98. The molecule has 2 aliphatic heterocycles. The molecule has 0 amide bonds. The zero-order valence-electron chi connectivity index (χ0n) is 16.6. The summed E-state index contributed by atoms with van der Waals surface area (Å²) in [6, 6.07) is 3.18. The molecule has 1 spiro atoms. The van der Waals surface area contributed by atoms with Crippen molar-refractivity contribution in [1.82, 2.24) is 4.90 Å². The number of ketones is 1. The normalized spacial score (nSPS) is 43.1. The Morgan fingerprint density at radius 3 is 2.73 bits per heavy atom. The van der Waals surface area contributed by atoms with Gasteiger partial charge in [0, 0.05) is 24.1 Å². The van der Waals surface area contributed by atoms with Gasteiger partial charge in [-0.3, -0.25) is 9.69 Å². The number of carbonyl (C=O) groups is 1. The standard InChI is InChI=1S/C22H29NO3/c1-10-9-14-11(2)18-15-7-8-16(24)21-22(15,12(3)13(4)23(18)5)17(14)20(26-21)19(10)25-6/h9,11-13,15,18,21H,7-8H2,1-6H3/t11?,12-,13?,15-,18+,21-,22-/m0/s1. The number of Topliss-reactive ketones (excluding diaryl/α,β-unsaturated/α-hetero) is 1. The molecular weight excluding hydrogens is 326 g/mol. The van der Waals surface area contributed by atoms with Crippen molar-refractivity contribution in [3.8, 4) is 11.5 Å². The maximum absolute atomic E-state index is 13.0. The summed E-state index contributed by atoms with van der Waals surface area (Å²) in [5.74, 6) is 3.23. The second-order valence-electron chi connectivity index (χ2n) is 9.04. The minimum atomic E-state index is -0.341. The first-order chi connectivity index (χ1) is 12.4. The van der Waals surface area contributed by atoms with Crippen LogP contribution in [0.5, 0.6) is 11.5 Å². The van der Waals surface area contributed by atoms with Crippen LogP contribution >= 0.6 is 0 Å². The van der Waals surface area contributed by atoms with E-state index in [1.165, 1.54) is 11.1 Å². The summed E-state index contributed by atoms with van der Waals surface area (Å²) in [7, 11) is 3.99. The van der Waals surface area contributed by atoms with E-state index in [1.54, 1.807) is 7.11 Å². The van der Waals surface area contributed by atoms with Crippen molar-refractivity contribution in [2.24, 2.45) is 11.8 Å². The van der Waals surface area contributed by atoms with E-state index in [9.17, 15) is 4.79 Å². The van der Waals surface area contributed by atoms with Gasteiger partial charge >= 0.3 is 0 Å². The van der Waals surface area contributed by atoms with Crippen molar-refractivity contribution in [1.29, 1.82) is 0 Å². The van der Waals surface area contributed by atoms with Crippen LogP contribution < -0.4 is 9.47 Å². The summed E-state index contributed by atoms with van der Waals surface area (Å²) >= 11 is 0. The number of aryl methyl sites for hydroxylation is 1. The van der Waals surface area contributed by atoms with E-state index in [1.807, 2.05) is 0 Å². The lowest BCUT2D eigenvalue weighted by atomic mass is 9.45. The fourth-order valence-electron chi connectivity index (χ4n) is 7.14. The van der Waals surface area contributed by atoms with Crippen molar-refractivity contribution < 1.29 is 14.3 Å². The van der Waals surface area contributed by atoms with Gasteiger partial charge in [-0.25, -0.2) is 0 Å². The van der Waals surface area contributed by atoms with Crippen LogP contribution in [0.4, 0.5) is 0 Å². The van der Waals surface area contributed by atoms with Gasteiger partial charge in [0.1, 0.15) is 0 Å². The van der Waals surface area contributed by atoms with Crippen molar-refractivity contribution >= 4 is 5.78 Å². The summed E-state index contributed by atoms with van der Waals surface area (Å²) in [6.45, 7) is 9.10. The summed E-state index contributed by atoms with van der Waals surface area (Å²) in [4.78, 5) is 15.6. The second kappa shape index (κ2) is 5.03. The molecule has 4 aliphatic rings. The van der Waals surface area contributed by atoms with E-state index in [0.717, 1.165) is 23.5 Å². The minimum absolute atomic E-state index is 0.190. The number of hydrogen-bond donors (Lipinski definition) is 0. The smallest absolute Gasteiger partial charge is 0.174 e. The summed E-state index contributed by atoms with van der Waals surface area (Å²) in [5, 5.41) is 0. The van der Waals surface area contributed by atoms with Gasteiger partial charge in [-0.05, 0) is 56.2 Å². The van der Waals surface area contributed by atoms with Crippen LogP contribution in [-0.4, -0.2) is 43.0 Å². The van der Waals surface area contributed by atoms with Gasteiger partial charge in [-0.1, -0.05) is 19.9 Å². The SMILES string of the molecule is COc1c(C)cc2c3c1O[C@H]1C(=O)CC[C@H]4[C@@H](C2C)N(C)C(C)[C@H](C)[C@]314. The van der Waals surface area contributed by atoms with E-state index in [-0.39, 0.29) is 17.3 Å². The van der Waals surface area contributed by atoms with Crippen LogP contribution in [0.3, 0.4) is 0 Å². The van der Waals surface area contributed by atoms with Crippen LogP contribution in [0.1, 0.15) is 56.2 Å². The fraction of sp³-hybridized carbons (Fsp3) is 0.682. The average Bonchev–Trinajstić information content (AvgIpc) is 2.97. The summed E-state index contributed by atoms with van der Waals surface area (Å²) < 4.78 is 12.3. The molecule has 2 unspecified atom stereocenters. The zero-order valence-corrected chi connectivity index (χ0v) is 16.6. The van der Waals surface area contributed by atoms with E-state index >= 15 is 0 Å². The highest BCUT2D eigenvalue weighted by molar-refractivity contribution is 5.89. The number of rotatable bonds is 1. The third-order valence-corrected chi connectivity index (χ3v) is 8.37. The fourth-order valence-corrected chi connectivity index (χ4v) is 7.14. The molecule has 2 fully saturated rings. The monoisotopic (exact) mass is 355 g/mol. The van der Waals surface area contributed by atoms with Crippen LogP contribution in [0.2, 0.25) is 0 Å². The molecule has 2 bridgehead atoms. The molecule has 7 atom stereocenters. The van der Waals surface area contributed by atoms with Crippen molar-refractivity contribution in [2.45, 2.75) is 70.1 Å². The maximum atomic E-state index is 13.0. The number of likely N-dealkylation sites (N-methyl/N-ethyl adjacent to an activating group) is 1. The third kappa shape index (κ3) is 1.56. The van der Waals surface area contributed by atoms with Crippen molar-refractivity contribution in [3.63, 3.8) is 0 Å². The largest absolute Gasteiger partial charge is 0.493 e. The van der Waals surface area contributed by atoms with Gasteiger partial charge < -0.3 is 9.47 Å². The van der Waals surface area contributed by atoms with Gasteiger partial charge in [0.2, 0.25) is 0 Å². The average molecular weight is 355 g/mol. The van der Waals surface area contributed by atoms with Crippen LogP contribution in [0.25, 0.3) is 0 Å². The molecule has 5 rings (SSSR count). The molecule has 0 aromatic heterocycles. The van der Waals surface area contributed by atoms with Crippen molar-refractivity contribution in [2.75, 3.05) is 14.2 Å². The number of ether oxygens (including phenoxy) is 2. The van der Waals surface area contributed by atoms with E-state index in [0.29, 0.717) is 36.3 Å². The number of nitrogens with zero attached hydrogens (tertiary/aromatic N) is 1. The predicted octanol–water partition coefficient (Wildman–Crippen LogP) is 3.44. The molecule has 0 N–H and O–H groups in total. The highest BCUT2D eigenvalue weighted by Crippen LogP contribution is 2.68. The molecule has 140 valence electrons. The molecule has 1 aromatic carbocycles. The lowest BCUT2D eigenvalue weighted by Crippen LogP contribution is -2.71. The van der Waals surface area contributed by atoms with Gasteiger partial charge in [-0.15, -0.1) is 0 Å². The van der Waals surface area contributed by atoms with Crippen molar-refractivity contribution in [3.05, 3.63) is 22.8 Å². The van der Waals surface area contributed by atoms with Gasteiger partial charge in [-0.2, -0.15) is 0 Å². The number of methoxy groups -OCH3 is 1. The molecule has 4 heteroatoms.